The van der Waals surface area contributed by atoms with E-state index in [9.17, 15) is 20.0 Å². The Bertz CT molecular complexity index is 590. The topological polar surface area (TPSA) is 80.4 Å². The van der Waals surface area contributed by atoms with Gasteiger partial charge >= 0.3 is 5.97 Å². The van der Waals surface area contributed by atoms with E-state index in [0.717, 1.165) is 31.2 Å². The first-order valence-corrected chi connectivity index (χ1v) is 7.62. The van der Waals surface area contributed by atoms with Gasteiger partial charge in [0, 0.05) is 11.1 Å². The van der Waals surface area contributed by atoms with Crippen LogP contribution in [-0.2, 0) is 11.2 Å². The van der Waals surface area contributed by atoms with Gasteiger partial charge in [0.05, 0.1) is 10.8 Å². The maximum atomic E-state index is 11.6. The van der Waals surface area contributed by atoms with Gasteiger partial charge in [0.25, 0.3) is 5.69 Å². The second kappa shape index (κ2) is 5.47. The molecular formula is C16H19NO4. The minimum Gasteiger partial charge on any atom is -0.481 e. The predicted octanol–water partition coefficient (Wildman–Crippen LogP) is 3.76. The van der Waals surface area contributed by atoms with Gasteiger partial charge in [-0.3, -0.25) is 14.9 Å². The summed E-state index contributed by atoms with van der Waals surface area (Å²) in [4.78, 5) is 22.5. The number of aliphatic carboxylic acids is 1. The molecule has 21 heavy (non-hydrogen) atoms. The van der Waals surface area contributed by atoms with Crippen LogP contribution in [0.3, 0.4) is 0 Å². The van der Waals surface area contributed by atoms with E-state index < -0.39 is 11.9 Å². The van der Waals surface area contributed by atoms with Crippen molar-refractivity contribution < 1.29 is 14.8 Å². The SMILES string of the molecule is O=C(O)C1CCc2c1ccc(C1CCCCC1)c2[N+](=O)[O-]. The Kier molecular flexibility index (Phi) is 3.66. The Balaban J connectivity index is 2.07. The number of nitro benzene ring substituents is 1. The molecule has 0 radical (unpaired) electrons. The molecule has 112 valence electrons. The molecule has 5 heteroatoms. The zero-order chi connectivity index (χ0) is 15.0. The molecular weight excluding hydrogens is 270 g/mol. The molecule has 0 spiro atoms. The fourth-order valence-corrected chi connectivity index (χ4v) is 3.92. The van der Waals surface area contributed by atoms with Crippen LogP contribution in [0.2, 0.25) is 0 Å². The smallest absolute Gasteiger partial charge is 0.310 e. The van der Waals surface area contributed by atoms with Crippen molar-refractivity contribution in [3.8, 4) is 0 Å². The van der Waals surface area contributed by atoms with Gasteiger partial charge in [-0.15, -0.1) is 0 Å². The summed E-state index contributed by atoms with van der Waals surface area (Å²) in [5.74, 6) is -1.21. The van der Waals surface area contributed by atoms with E-state index >= 15 is 0 Å². The van der Waals surface area contributed by atoms with Crippen molar-refractivity contribution in [2.75, 3.05) is 0 Å². The molecule has 0 aliphatic heterocycles. The lowest BCUT2D eigenvalue weighted by molar-refractivity contribution is -0.386. The van der Waals surface area contributed by atoms with Gasteiger partial charge in [0.15, 0.2) is 0 Å². The van der Waals surface area contributed by atoms with E-state index in [1.54, 1.807) is 0 Å². The third kappa shape index (κ3) is 2.41. The quantitative estimate of drug-likeness (QED) is 0.678. The highest BCUT2D eigenvalue weighted by Gasteiger charge is 2.36. The van der Waals surface area contributed by atoms with Crippen LogP contribution in [0.4, 0.5) is 5.69 Å². The summed E-state index contributed by atoms with van der Waals surface area (Å²) < 4.78 is 0. The number of benzene rings is 1. The first-order valence-electron chi connectivity index (χ1n) is 7.62. The molecule has 1 fully saturated rings. The molecule has 0 aromatic heterocycles. The molecule has 1 atom stereocenters. The molecule has 0 bridgehead atoms. The van der Waals surface area contributed by atoms with Crippen LogP contribution in [0, 0.1) is 10.1 Å². The van der Waals surface area contributed by atoms with Crippen molar-refractivity contribution in [2.45, 2.75) is 56.8 Å². The highest BCUT2D eigenvalue weighted by molar-refractivity contribution is 5.79. The van der Waals surface area contributed by atoms with Crippen molar-refractivity contribution in [3.63, 3.8) is 0 Å². The standard InChI is InChI=1S/C16H19NO4/c18-16(19)14-9-8-13-12(14)7-6-11(15(13)17(20)21)10-4-2-1-3-5-10/h6-7,10,14H,1-5,8-9H2,(H,18,19). The van der Waals surface area contributed by atoms with Gasteiger partial charge in [0.2, 0.25) is 0 Å². The molecule has 1 aromatic rings. The lowest BCUT2D eigenvalue weighted by Crippen LogP contribution is -2.11. The van der Waals surface area contributed by atoms with E-state index in [-0.39, 0.29) is 16.5 Å². The average Bonchev–Trinajstić information content (AvgIpc) is 2.90. The van der Waals surface area contributed by atoms with Crippen LogP contribution in [0.15, 0.2) is 12.1 Å². The van der Waals surface area contributed by atoms with Crippen molar-refractivity contribution in [2.24, 2.45) is 0 Å². The van der Waals surface area contributed by atoms with Crippen LogP contribution in [0.25, 0.3) is 0 Å². The molecule has 0 amide bonds. The number of carboxylic acids is 1. The fourth-order valence-electron chi connectivity index (χ4n) is 3.92. The number of nitrogens with zero attached hydrogens (tertiary/aromatic N) is 1. The Labute approximate surface area is 123 Å². The number of nitro groups is 1. The third-order valence-electron chi connectivity index (χ3n) is 4.93. The highest BCUT2D eigenvalue weighted by Crippen LogP contribution is 2.45. The van der Waals surface area contributed by atoms with Gasteiger partial charge in [-0.2, -0.15) is 0 Å². The van der Waals surface area contributed by atoms with E-state index in [4.69, 9.17) is 0 Å². The summed E-state index contributed by atoms with van der Waals surface area (Å²) in [6.45, 7) is 0. The Morgan fingerprint density at radius 1 is 1.14 bits per heavy atom. The molecule has 1 saturated carbocycles. The molecule has 2 aliphatic carbocycles. The second-order valence-electron chi connectivity index (χ2n) is 6.09. The van der Waals surface area contributed by atoms with Crippen LogP contribution >= 0.6 is 0 Å². The lowest BCUT2D eigenvalue weighted by atomic mass is 9.82. The van der Waals surface area contributed by atoms with Crippen LogP contribution in [0.1, 0.15) is 67.1 Å². The molecule has 3 rings (SSSR count). The summed E-state index contributed by atoms with van der Waals surface area (Å²) in [7, 11) is 0. The monoisotopic (exact) mass is 289 g/mol. The Morgan fingerprint density at radius 3 is 2.43 bits per heavy atom. The summed E-state index contributed by atoms with van der Waals surface area (Å²) in [5.41, 5.74) is 2.33. The summed E-state index contributed by atoms with van der Waals surface area (Å²) >= 11 is 0. The van der Waals surface area contributed by atoms with Gasteiger partial charge < -0.3 is 5.11 Å². The minimum absolute atomic E-state index is 0.197. The zero-order valence-corrected chi connectivity index (χ0v) is 11.9. The van der Waals surface area contributed by atoms with E-state index in [2.05, 4.69) is 0 Å². The number of carboxylic acid groups (broad SMARTS) is 1. The first kappa shape index (κ1) is 14.0. The largest absolute Gasteiger partial charge is 0.481 e. The van der Waals surface area contributed by atoms with E-state index in [0.29, 0.717) is 24.0 Å². The molecule has 5 nitrogen and oxygen atoms in total. The van der Waals surface area contributed by atoms with E-state index in [1.807, 2.05) is 12.1 Å². The number of fused-ring (bicyclic) bond motifs is 1. The van der Waals surface area contributed by atoms with Gasteiger partial charge in [-0.05, 0) is 37.2 Å². The van der Waals surface area contributed by atoms with Crippen LogP contribution in [-0.4, -0.2) is 16.0 Å². The van der Waals surface area contributed by atoms with Crippen molar-refractivity contribution >= 4 is 11.7 Å². The second-order valence-corrected chi connectivity index (χ2v) is 6.09. The van der Waals surface area contributed by atoms with Gasteiger partial charge in [0.1, 0.15) is 0 Å². The molecule has 1 N–H and O–H groups in total. The van der Waals surface area contributed by atoms with Crippen LogP contribution < -0.4 is 0 Å². The lowest BCUT2D eigenvalue weighted by Gasteiger charge is -2.22. The number of carbonyl (C=O) groups is 1. The van der Waals surface area contributed by atoms with Gasteiger partial charge in [-0.1, -0.05) is 31.4 Å². The summed E-state index contributed by atoms with van der Waals surface area (Å²) in [6, 6.07) is 3.63. The average molecular weight is 289 g/mol. The van der Waals surface area contributed by atoms with Crippen molar-refractivity contribution in [3.05, 3.63) is 38.9 Å². The highest BCUT2D eigenvalue weighted by atomic mass is 16.6. The zero-order valence-electron chi connectivity index (χ0n) is 11.9. The summed E-state index contributed by atoms with van der Waals surface area (Å²) in [6.07, 6.45) is 6.43. The molecule has 1 aromatic carbocycles. The molecule has 1 unspecified atom stereocenters. The summed E-state index contributed by atoms with van der Waals surface area (Å²) in [5, 5.41) is 20.8. The number of hydrogen-bond donors (Lipinski definition) is 1. The Morgan fingerprint density at radius 2 is 1.81 bits per heavy atom. The van der Waals surface area contributed by atoms with Gasteiger partial charge in [-0.25, -0.2) is 0 Å². The predicted molar refractivity (Wildman–Crippen MR) is 77.6 cm³/mol. The maximum Gasteiger partial charge on any atom is 0.310 e. The normalized spacial score (nSPS) is 22.0. The number of rotatable bonds is 3. The van der Waals surface area contributed by atoms with E-state index in [1.165, 1.54) is 6.42 Å². The van der Waals surface area contributed by atoms with Crippen molar-refractivity contribution in [1.29, 1.82) is 0 Å². The number of hydrogen-bond acceptors (Lipinski definition) is 3. The minimum atomic E-state index is -0.881. The molecule has 0 heterocycles. The first-order chi connectivity index (χ1) is 10.1. The Hall–Kier alpha value is -1.91. The molecule has 2 aliphatic rings. The van der Waals surface area contributed by atoms with Crippen molar-refractivity contribution in [1.82, 2.24) is 0 Å². The molecule has 0 saturated heterocycles. The maximum absolute atomic E-state index is 11.6. The third-order valence-corrected chi connectivity index (χ3v) is 4.93. The fraction of sp³-hybridized carbons (Fsp3) is 0.562. The van der Waals surface area contributed by atoms with Crippen LogP contribution in [0.5, 0.6) is 0 Å².